The number of carbonyl (C=O) groups is 5. The van der Waals surface area contributed by atoms with Gasteiger partial charge < -0.3 is 74.9 Å². The Balaban J connectivity index is 0.000000116. The number of ether oxygens (including phenoxy) is 4. The summed E-state index contributed by atoms with van der Waals surface area (Å²) in [5, 5.41) is 32.7. The minimum absolute atomic E-state index is 0.0643. The van der Waals surface area contributed by atoms with E-state index in [-0.39, 0.29) is 63.6 Å². The van der Waals surface area contributed by atoms with Crippen molar-refractivity contribution in [3.8, 4) is 23.0 Å². The highest BCUT2D eigenvalue weighted by atomic mass is 35.5. The number of nitrogens with zero attached hydrogens (tertiary/aromatic N) is 7. The molecule has 4 aliphatic rings. The third kappa shape index (κ3) is 18.4. The highest BCUT2D eigenvalue weighted by Crippen LogP contribution is 2.49. The number of halogens is 4. The second-order valence-corrected chi connectivity index (χ2v) is 30.3. The van der Waals surface area contributed by atoms with Crippen molar-refractivity contribution in [2.75, 3.05) is 19.8 Å². The number of aromatic amines is 5. The van der Waals surface area contributed by atoms with Gasteiger partial charge in [0.25, 0.3) is 29.5 Å². The van der Waals surface area contributed by atoms with Gasteiger partial charge in [-0.3, -0.25) is 38.0 Å². The maximum absolute atomic E-state index is 12.7. The van der Waals surface area contributed by atoms with Crippen LogP contribution in [0, 0.1) is 0 Å². The summed E-state index contributed by atoms with van der Waals surface area (Å²) in [5.74, 6) is 1.33. The largest absolute Gasteiger partial charge is 0.573 e. The Bertz CT molecular complexity index is 6150. The fourth-order valence-electron chi connectivity index (χ4n) is 14.2. The van der Waals surface area contributed by atoms with Gasteiger partial charge in [0.15, 0.2) is 6.39 Å². The van der Waals surface area contributed by atoms with E-state index >= 15 is 0 Å². The first-order valence-corrected chi connectivity index (χ1v) is 39.1. The second kappa shape index (κ2) is 33.0. The Morgan fingerprint density at radius 3 is 1.17 bits per heavy atom. The van der Waals surface area contributed by atoms with E-state index in [1.165, 1.54) is 36.2 Å². The molecule has 27 nitrogen and oxygen atoms in total. The molecule has 0 bridgehead atoms. The molecule has 9 aromatic heterocycles. The maximum Gasteiger partial charge on any atom is 0.573 e. The van der Waals surface area contributed by atoms with Gasteiger partial charge in [-0.1, -0.05) is 41.9 Å². The lowest BCUT2D eigenvalue weighted by molar-refractivity contribution is -0.274. The highest BCUT2D eigenvalue weighted by Gasteiger charge is 2.50. The van der Waals surface area contributed by atoms with Crippen LogP contribution >= 0.6 is 11.6 Å². The van der Waals surface area contributed by atoms with Crippen molar-refractivity contribution in [3.05, 3.63) is 263 Å². The molecule has 0 radical (unpaired) electrons. The molecule has 608 valence electrons. The van der Waals surface area contributed by atoms with Crippen LogP contribution in [0.2, 0.25) is 5.02 Å². The molecular formula is C87H87ClF3N17O10. The molecule has 31 heteroatoms. The van der Waals surface area contributed by atoms with Crippen LogP contribution in [-0.4, -0.2) is 115 Å². The van der Waals surface area contributed by atoms with Crippen LogP contribution in [0.1, 0.15) is 165 Å². The van der Waals surface area contributed by atoms with Crippen molar-refractivity contribution in [1.82, 2.24) is 85.8 Å². The van der Waals surface area contributed by atoms with Gasteiger partial charge in [0.2, 0.25) is 0 Å². The van der Waals surface area contributed by atoms with Gasteiger partial charge in [0.1, 0.15) is 63.4 Å². The third-order valence-electron chi connectivity index (χ3n) is 21.1. The molecule has 15 aromatic rings. The number of hydrogen-bond acceptors (Lipinski definition) is 14. The molecule has 118 heavy (non-hydrogen) atoms. The molecular weight excluding hydrogens is 1540 g/mol. The fraction of sp³-hybridized carbons (Fsp3) is 0.276. The monoisotopic (exact) mass is 1620 g/mol. The summed E-state index contributed by atoms with van der Waals surface area (Å²) in [7, 11) is 5.54. The molecule has 9 heterocycles. The molecule has 1 atom stereocenters. The topological polar surface area (TPSA) is 341 Å². The molecule has 0 saturated heterocycles. The number of rotatable bonds is 22. The van der Waals surface area contributed by atoms with Gasteiger partial charge in [-0.15, -0.1) is 13.2 Å². The number of oxazole rings is 1. The van der Waals surface area contributed by atoms with Crippen LogP contribution in [0.4, 0.5) is 13.2 Å². The van der Waals surface area contributed by atoms with E-state index in [1.807, 2.05) is 170 Å². The minimum atomic E-state index is -4.76. The van der Waals surface area contributed by atoms with Crippen molar-refractivity contribution in [2.24, 2.45) is 21.1 Å². The van der Waals surface area contributed by atoms with Gasteiger partial charge in [0, 0.05) is 116 Å². The van der Waals surface area contributed by atoms with Crippen molar-refractivity contribution in [1.29, 1.82) is 0 Å². The zero-order valence-corrected chi connectivity index (χ0v) is 66.4. The molecule has 19 rings (SSSR count). The lowest BCUT2D eigenvalue weighted by Gasteiger charge is -2.17. The van der Waals surface area contributed by atoms with E-state index in [4.69, 9.17) is 30.2 Å². The number of alkyl halides is 3. The zero-order chi connectivity index (χ0) is 82.7. The van der Waals surface area contributed by atoms with Gasteiger partial charge in [-0.25, -0.2) is 4.98 Å². The average Bonchev–Trinajstić information content (AvgIpc) is 1.62. The first-order chi connectivity index (χ1) is 56.8. The first-order valence-electron chi connectivity index (χ1n) is 38.7. The maximum atomic E-state index is 12.7. The second-order valence-electron chi connectivity index (χ2n) is 29.8. The average molecular weight is 1620 g/mol. The summed E-state index contributed by atoms with van der Waals surface area (Å²) in [6, 6.07) is 45.7. The minimum Gasteiger partial charge on any atom is -0.494 e. The van der Waals surface area contributed by atoms with Gasteiger partial charge in [-0.05, 0) is 206 Å². The van der Waals surface area contributed by atoms with Gasteiger partial charge in [-0.2, -0.15) is 15.3 Å². The predicted octanol–water partition coefficient (Wildman–Crippen LogP) is 15.9. The van der Waals surface area contributed by atoms with Crippen LogP contribution in [0.3, 0.4) is 0 Å². The highest BCUT2D eigenvalue weighted by molar-refractivity contribution is 6.31. The van der Waals surface area contributed by atoms with E-state index in [2.05, 4.69) is 88.7 Å². The summed E-state index contributed by atoms with van der Waals surface area (Å²) >= 11 is 5.96. The van der Waals surface area contributed by atoms with E-state index in [9.17, 15) is 37.1 Å². The number of benzene rings is 6. The summed E-state index contributed by atoms with van der Waals surface area (Å²) in [4.78, 5) is 82.4. The smallest absolute Gasteiger partial charge is 0.494 e. The van der Waals surface area contributed by atoms with Crippen LogP contribution in [0.25, 0.3) is 54.5 Å². The van der Waals surface area contributed by atoms with Crippen LogP contribution in [0.15, 0.2) is 206 Å². The molecule has 0 spiro atoms. The van der Waals surface area contributed by atoms with Gasteiger partial charge in [0.05, 0.1) is 66.6 Å². The van der Waals surface area contributed by atoms with Crippen molar-refractivity contribution >= 4 is 95.7 Å². The molecule has 4 fully saturated rings. The Kier molecular flexibility index (Phi) is 22.3. The predicted molar refractivity (Wildman–Crippen MR) is 439 cm³/mol. The third-order valence-corrected chi connectivity index (χ3v) is 21.3. The van der Waals surface area contributed by atoms with Crippen molar-refractivity contribution in [3.63, 3.8) is 0 Å². The number of nitrogens with one attached hydrogen (secondary N) is 10. The normalized spacial score (nSPS) is 15.0. The number of carbonyl (C=O) groups excluding carboxylic acids is 5. The number of aryl methyl sites for hydroxylation is 3. The standard InChI is InChI=1S/C20H20N2O2.C18H20N4O2.C17H15F3N4O2.C17H20N4O2.C15H12ClN3O2/c1-2-24-16-8-9-17-14(12-16)13-18(21-17)19(23)22-20(10-11-20)15-6-4-3-5-7-15;1-3-24-14-4-5-15-12(8-14)9-16(20-15)17(23)21-18(6-7-18)13-10-19-22(2)11-13;1-24-9-11(8-21-24)16(4-5-16)23-15(25)14-7-10-6-12(26-17(18,19)20)2-3-13(10)22-14;1-4-23-14-5-6-15-12(7-14)8-16(20-15)17(22)19-11(2)13-9-18-21(3)10-13;16-10-1-2-11-9(5-10)6-12(18-11)14(20)19-15(3-4-15)13-7-21-8-17-13/h3-9,12-13,21H,2,10-11H2,1H3,(H,22,23);4-5,8-11,20H,3,6-7H2,1-2H3,(H,21,23);2-3,6-9,22H,4-5H2,1H3,(H,23,25);5-11,20H,4H2,1-3H3,(H,19,22);1-2,5-8,18H,3-4H2,(H,19,20). The lowest BCUT2D eigenvalue weighted by Crippen LogP contribution is -2.35. The summed E-state index contributed by atoms with van der Waals surface area (Å²) in [6.45, 7) is 9.66. The molecule has 10 N–H and O–H groups in total. The Hall–Kier alpha value is -13.5. The van der Waals surface area contributed by atoms with E-state index in [0.29, 0.717) is 58.5 Å². The van der Waals surface area contributed by atoms with Crippen LogP contribution in [-0.2, 0) is 43.3 Å². The quantitative estimate of drug-likeness (QED) is 0.0302. The molecule has 4 aliphatic carbocycles. The lowest BCUT2D eigenvalue weighted by atomic mass is 10.0. The summed E-state index contributed by atoms with van der Waals surface area (Å²) in [5.41, 5.74) is 10.3. The Morgan fingerprint density at radius 1 is 0.458 bits per heavy atom. The molecule has 1 unspecified atom stereocenters. The SMILES string of the molecule is CCOc1ccc2[nH]c(C(=O)NC(C)c3cnn(C)c3)cc2c1.CCOc1ccc2[nH]c(C(=O)NC3(c4ccccc4)CC3)cc2c1.CCOc1ccc2[nH]c(C(=O)NC3(c4cnn(C)c4)CC3)cc2c1.Cn1cc(C2(NC(=O)c3cc4cc(OC(F)(F)F)ccc4[nH]3)CC2)cn1.O=C(NC1(c2cocn2)CC1)c1cc2cc(Cl)ccc2[nH]1. The van der Waals surface area contributed by atoms with Gasteiger partial charge >= 0.3 is 6.36 Å². The van der Waals surface area contributed by atoms with Crippen LogP contribution in [0.5, 0.6) is 23.0 Å². The molecule has 5 amide bonds. The van der Waals surface area contributed by atoms with E-state index in [1.54, 1.807) is 51.9 Å². The number of fused-ring (bicyclic) bond motifs is 5. The summed E-state index contributed by atoms with van der Waals surface area (Å²) in [6.07, 6.45) is 16.5. The Morgan fingerprint density at radius 2 is 0.814 bits per heavy atom. The molecule has 6 aromatic carbocycles. The zero-order valence-electron chi connectivity index (χ0n) is 65.6. The number of hydrogen-bond donors (Lipinski definition) is 10. The first kappa shape index (κ1) is 79.7. The molecule has 4 saturated carbocycles. The van der Waals surface area contributed by atoms with E-state index < -0.39 is 11.9 Å². The number of H-pyrrole nitrogens is 5. The number of amides is 5. The number of aromatic nitrogens is 12. The fourth-order valence-corrected chi connectivity index (χ4v) is 14.4. The van der Waals surface area contributed by atoms with E-state index in [0.717, 1.165) is 135 Å². The Labute approximate surface area is 679 Å². The summed E-state index contributed by atoms with van der Waals surface area (Å²) < 4.78 is 67.6. The van der Waals surface area contributed by atoms with Crippen LogP contribution < -0.4 is 45.5 Å². The van der Waals surface area contributed by atoms with Crippen molar-refractivity contribution in [2.45, 2.75) is 114 Å². The molecule has 0 aliphatic heterocycles. The van der Waals surface area contributed by atoms with Crippen molar-refractivity contribution < 1.29 is 60.5 Å².